The number of rotatable bonds is 11. The topological polar surface area (TPSA) is 73.3 Å². The molecule has 0 aromatic heterocycles. The number of hydrogen-bond donors (Lipinski definition) is 2. The van der Waals surface area contributed by atoms with Crippen molar-refractivity contribution < 1.29 is 27.7 Å². The Kier molecular flexibility index (Phi) is 11.9. The van der Waals surface area contributed by atoms with E-state index < -0.39 is 6.61 Å². The van der Waals surface area contributed by atoms with Crippen LogP contribution < -0.4 is 24.8 Å². The molecule has 1 aromatic rings. The van der Waals surface area contributed by atoms with Crippen molar-refractivity contribution in [3.8, 4) is 17.2 Å². The molecule has 2 N–H and O–H groups in total. The molecular weight excluding hydrogens is 487 g/mol. The number of guanidine groups is 1. The smallest absolute Gasteiger partial charge is 0.387 e. The molecule has 0 radical (unpaired) electrons. The van der Waals surface area contributed by atoms with E-state index in [0.29, 0.717) is 29.6 Å². The number of methoxy groups -OCH3 is 1. The Morgan fingerprint density at radius 3 is 2.61 bits per heavy atom. The van der Waals surface area contributed by atoms with Crippen LogP contribution in [0, 0.1) is 0 Å². The highest BCUT2D eigenvalue weighted by molar-refractivity contribution is 14.0. The van der Waals surface area contributed by atoms with Gasteiger partial charge in [0.2, 0.25) is 6.79 Å². The summed E-state index contributed by atoms with van der Waals surface area (Å²) in [5.74, 6) is 1.54. The summed E-state index contributed by atoms with van der Waals surface area (Å²) in [5, 5.41) is 6.37. The van der Waals surface area contributed by atoms with Crippen molar-refractivity contribution in [2.24, 2.45) is 4.99 Å². The van der Waals surface area contributed by atoms with Gasteiger partial charge in [-0.15, -0.1) is 24.0 Å². The second kappa shape index (κ2) is 13.6. The van der Waals surface area contributed by atoms with Crippen LogP contribution in [0.1, 0.15) is 31.7 Å². The molecule has 0 saturated heterocycles. The molecule has 1 aliphatic heterocycles. The van der Waals surface area contributed by atoms with Crippen LogP contribution in [-0.4, -0.2) is 46.2 Å². The largest absolute Gasteiger partial charge is 0.454 e. The second-order valence-electron chi connectivity index (χ2n) is 5.87. The molecule has 1 heterocycles. The van der Waals surface area contributed by atoms with Gasteiger partial charge in [-0.3, -0.25) is 0 Å². The molecule has 0 bridgehead atoms. The lowest BCUT2D eigenvalue weighted by Crippen LogP contribution is -2.37. The van der Waals surface area contributed by atoms with Crippen molar-refractivity contribution in [2.45, 2.75) is 39.3 Å². The quantitative estimate of drug-likeness (QED) is 0.204. The average molecular weight is 515 g/mol. The lowest BCUT2D eigenvalue weighted by molar-refractivity contribution is -0.0505. The number of halogens is 3. The Bertz CT molecular complexity index is 621. The Morgan fingerprint density at radius 2 is 1.93 bits per heavy atom. The number of fused-ring (bicyclic) bond motifs is 1. The van der Waals surface area contributed by atoms with Crippen LogP contribution in [0.3, 0.4) is 0 Å². The zero-order chi connectivity index (χ0) is 19.5. The summed E-state index contributed by atoms with van der Waals surface area (Å²) >= 11 is 0. The van der Waals surface area contributed by atoms with E-state index in [1.807, 2.05) is 6.92 Å². The van der Waals surface area contributed by atoms with Crippen molar-refractivity contribution in [1.29, 1.82) is 0 Å². The summed E-state index contributed by atoms with van der Waals surface area (Å²) in [6, 6.07) is 3.04. The number of benzene rings is 1. The maximum atomic E-state index is 12.7. The standard InChI is InChI=1S/C18H27F2N3O4.HI/c1-3-21-18(22-7-5-4-6-8-24-2)23-11-13-9-15-16(26-12-25-15)10-14(13)27-17(19)20;/h9-10,17H,3-8,11-12H2,1-2H3,(H2,21,22,23);1H. The molecule has 0 spiro atoms. The van der Waals surface area contributed by atoms with E-state index in [0.717, 1.165) is 32.4 Å². The van der Waals surface area contributed by atoms with E-state index in [4.69, 9.17) is 14.2 Å². The van der Waals surface area contributed by atoms with Crippen LogP contribution in [0.2, 0.25) is 0 Å². The first-order valence-corrected chi connectivity index (χ1v) is 9.02. The predicted octanol–water partition coefficient (Wildman–Crippen LogP) is 3.51. The molecule has 0 unspecified atom stereocenters. The van der Waals surface area contributed by atoms with Crippen molar-refractivity contribution in [3.63, 3.8) is 0 Å². The fraction of sp³-hybridized carbons (Fsp3) is 0.611. The minimum Gasteiger partial charge on any atom is -0.454 e. The third kappa shape index (κ3) is 8.21. The van der Waals surface area contributed by atoms with Gasteiger partial charge >= 0.3 is 6.61 Å². The van der Waals surface area contributed by atoms with Crippen LogP contribution in [0.4, 0.5) is 8.78 Å². The summed E-state index contributed by atoms with van der Waals surface area (Å²) in [4.78, 5) is 4.46. The third-order valence-electron chi connectivity index (χ3n) is 3.84. The highest BCUT2D eigenvalue weighted by Crippen LogP contribution is 2.38. The summed E-state index contributed by atoms with van der Waals surface area (Å²) in [6.45, 7) is 1.47. The van der Waals surface area contributed by atoms with Gasteiger partial charge in [-0.25, -0.2) is 4.99 Å². The molecule has 0 atom stereocenters. The maximum absolute atomic E-state index is 12.7. The van der Waals surface area contributed by atoms with Gasteiger partial charge in [0.1, 0.15) is 5.75 Å². The van der Waals surface area contributed by atoms with Gasteiger partial charge in [0, 0.05) is 38.4 Å². The molecule has 0 amide bonds. The number of ether oxygens (including phenoxy) is 4. The Balaban J connectivity index is 0.00000392. The van der Waals surface area contributed by atoms with Gasteiger partial charge < -0.3 is 29.6 Å². The predicted molar refractivity (Wildman–Crippen MR) is 113 cm³/mol. The number of nitrogens with one attached hydrogen (secondary N) is 2. The molecule has 2 rings (SSSR count). The first-order chi connectivity index (χ1) is 13.1. The lowest BCUT2D eigenvalue weighted by Gasteiger charge is -2.13. The SMILES string of the molecule is CCNC(=NCc1cc2c(cc1OC(F)F)OCO2)NCCCCCOC.I. The normalized spacial score (nSPS) is 12.7. The van der Waals surface area contributed by atoms with Crippen molar-refractivity contribution >= 4 is 29.9 Å². The van der Waals surface area contributed by atoms with E-state index in [1.165, 1.54) is 6.07 Å². The first kappa shape index (κ1) is 24.5. The zero-order valence-corrected chi connectivity index (χ0v) is 18.5. The Hall–Kier alpha value is -1.56. The molecule has 0 fully saturated rings. The fourth-order valence-corrected chi connectivity index (χ4v) is 2.56. The summed E-state index contributed by atoms with van der Waals surface area (Å²) < 4.78 is 45.6. The average Bonchev–Trinajstić information content (AvgIpc) is 3.09. The molecule has 1 aromatic carbocycles. The Labute approximate surface area is 181 Å². The van der Waals surface area contributed by atoms with E-state index in [1.54, 1.807) is 13.2 Å². The van der Waals surface area contributed by atoms with E-state index in [2.05, 4.69) is 20.4 Å². The van der Waals surface area contributed by atoms with Gasteiger partial charge in [0.05, 0.1) is 6.54 Å². The monoisotopic (exact) mass is 515 g/mol. The lowest BCUT2D eigenvalue weighted by atomic mass is 10.1. The minimum absolute atomic E-state index is 0. The fourth-order valence-electron chi connectivity index (χ4n) is 2.56. The van der Waals surface area contributed by atoms with E-state index in [9.17, 15) is 8.78 Å². The van der Waals surface area contributed by atoms with Crippen molar-refractivity contribution in [2.75, 3.05) is 33.6 Å². The molecule has 1 aliphatic rings. The van der Waals surface area contributed by atoms with Crippen LogP contribution in [-0.2, 0) is 11.3 Å². The second-order valence-corrected chi connectivity index (χ2v) is 5.87. The highest BCUT2D eigenvalue weighted by Gasteiger charge is 2.20. The number of nitrogens with zero attached hydrogens (tertiary/aromatic N) is 1. The molecular formula is C18H28F2IN3O4. The number of alkyl halides is 2. The summed E-state index contributed by atoms with van der Waals surface area (Å²) in [6.07, 6.45) is 3.05. The van der Waals surface area contributed by atoms with Crippen LogP contribution in [0.15, 0.2) is 17.1 Å². The van der Waals surface area contributed by atoms with Gasteiger partial charge in [0.25, 0.3) is 0 Å². The third-order valence-corrected chi connectivity index (χ3v) is 3.84. The van der Waals surface area contributed by atoms with Gasteiger partial charge in [0.15, 0.2) is 17.5 Å². The van der Waals surface area contributed by atoms with E-state index in [-0.39, 0.29) is 43.1 Å². The van der Waals surface area contributed by atoms with Gasteiger partial charge in [-0.1, -0.05) is 0 Å². The minimum atomic E-state index is -2.92. The molecule has 0 aliphatic carbocycles. The maximum Gasteiger partial charge on any atom is 0.387 e. The molecule has 160 valence electrons. The van der Waals surface area contributed by atoms with Gasteiger partial charge in [-0.05, 0) is 32.3 Å². The Morgan fingerprint density at radius 1 is 1.18 bits per heavy atom. The first-order valence-electron chi connectivity index (χ1n) is 9.02. The summed E-state index contributed by atoms with van der Waals surface area (Å²) in [5.41, 5.74) is 0.497. The van der Waals surface area contributed by atoms with Crippen LogP contribution in [0.5, 0.6) is 17.2 Å². The highest BCUT2D eigenvalue weighted by atomic mass is 127. The molecule has 28 heavy (non-hydrogen) atoms. The van der Waals surface area contributed by atoms with Gasteiger partial charge in [-0.2, -0.15) is 8.78 Å². The van der Waals surface area contributed by atoms with Crippen molar-refractivity contribution in [3.05, 3.63) is 17.7 Å². The van der Waals surface area contributed by atoms with Crippen molar-refractivity contribution in [1.82, 2.24) is 10.6 Å². The summed E-state index contributed by atoms with van der Waals surface area (Å²) in [7, 11) is 1.69. The number of hydrogen-bond acceptors (Lipinski definition) is 5. The zero-order valence-electron chi connectivity index (χ0n) is 16.1. The number of unbranched alkanes of at least 4 members (excludes halogenated alkanes) is 2. The van der Waals surface area contributed by atoms with E-state index >= 15 is 0 Å². The number of aliphatic imine (C=N–C) groups is 1. The van der Waals surface area contributed by atoms with Crippen LogP contribution >= 0.6 is 24.0 Å². The molecule has 0 saturated carbocycles. The molecule has 7 nitrogen and oxygen atoms in total. The molecule has 10 heteroatoms. The van der Waals surface area contributed by atoms with Crippen LogP contribution in [0.25, 0.3) is 0 Å².